The van der Waals surface area contributed by atoms with Crippen molar-refractivity contribution < 1.29 is 9.53 Å². The topological polar surface area (TPSA) is 101 Å². The van der Waals surface area contributed by atoms with Gasteiger partial charge in [0.2, 0.25) is 0 Å². The SMILES string of the molecule is C[C@@H](Oc1ccc2[nH]nc(C(=O)Nc3cnn([C@@H]4CCN(C)C4)c3)c2c1)c1c(Cl)cncc1Cl. The van der Waals surface area contributed by atoms with Gasteiger partial charge in [0.25, 0.3) is 5.91 Å². The zero-order chi connectivity index (χ0) is 23.8. The number of rotatable bonds is 6. The van der Waals surface area contributed by atoms with E-state index in [1.165, 1.54) is 12.4 Å². The van der Waals surface area contributed by atoms with Gasteiger partial charge in [-0.1, -0.05) is 23.2 Å². The Morgan fingerprint density at radius 1 is 1.26 bits per heavy atom. The summed E-state index contributed by atoms with van der Waals surface area (Å²) in [5, 5.41) is 15.9. The second kappa shape index (κ2) is 9.25. The molecule has 0 spiro atoms. The molecule has 1 amide bonds. The molecule has 3 aromatic heterocycles. The summed E-state index contributed by atoms with van der Waals surface area (Å²) in [4.78, 5) is 19.2. The lowest BCUT2D eigenvalue weighted by Gasteiger charge is -2.17. The lowest BCUT2D eigenvalue weighted by Crippen LogP contribution is -2.16. The molecule has 0 saturated carbocycles. The molecule has 4 heterocycles. The predicted molar refractivity (Wildman–Crippen MR) is 131 cm³/mol. The molecule has 1 fully saturated rings. The summed E-state index contributed by atoms with van der Waals surface area (Å²) >= 11 is 12.5. The van der Waals surface area contributed by atoms with Crippen LogP contribution in [0.2, 0.25) is 10.0 Å². The van der Waals surface area contributed by atoms with Crippen LogP contribution in [0.5, 0.6) is 5.75 Å². The molecule has 1 aliphatic rings. The maximum Gasteiger partial charge on any atom is 0.276 e. The molecule has 2 N–H and O–H groups in total. The summed E-state index contributed by atoms with van der Waals surface area (Å²) in [6, 6.07) is 5.69. The highest BCUT2D eigenvalue weighted by Crippen LogP contribution is 2.33. The summed E-state index contributed by atoms with van der Waals surface area (Å²) < 4.78 is 7.98. The molecule has 0 radical (unpaired) electrons. The summed E-state index contributed by atoms with van der Waals surface area (Å²) in [5.74, 6) is 0.220. The molecule has 34 heavy (non-hydrogen) atoms. The van der Waals surface area contributed by atoms with Gasteiger partial charge in [0, 0.05) is 36.1 Å². The molecule has 0 unspecified atom stereocenters. The molecule has 1 aliphatic heterocycles. The van der Waals surface area contributed by atoms with Crippen LogP contribution >= 0.6 is 23.2 Å². The van der Waals surface area contributed by atoms with Crippen molar-refractivity contribution in [1.29, 1.82) is 0 Å². The highest BCUT2D eigenvalue weighted by molar-refractivity contribution is 6.35. The van der Waals surface area contributed by atoms with E-state index in [1.807, 2.05) is 23.9 Å². The van der Waals surface area contributed by atoms with Crippen molar-refractivity contribution in [3.63, 3.8) is 0 Å². The van der Waals surface area contributed by atoms with Gasteiger partial charge in [0.1, 0.15) is 11.9 Å². The highest BCUT2D eigenvalue weighted by Gasteiger charge is 2.23. The monoisotopic (exact) mass is 499 g/mol. The molecule has 1 aromatic carbocycles. The van der Waals surface area contributed by atoms with Gasteiger partial charge >= 0.3 is 0 Å². The number of fused-ring (bicyclic) bond motifs is 1. The average molecular weight is 500 g/mol. The number of aromatic nitrogens is 5. The number of benzene rings is 1. The van der Waals surface area contributed by atoms with E-state index >= 15 is 0 Å². The fourth-order valence-electron chi connectivity index (χ4n) is 4.23. The number of amides is 1. The molecular weight excluding hydrogens is 477 g/mol. The average Bonchev–Trinajstić information content (AvgIpc) is 3.53. The van der Waals surface area contributed by atoms with Crippen LogP contribution in [0.3, 0.4) is 0 Å². The zero-order valence-corrected chi connectivity index (χ0v) is 20.1. The van der Waals surface area contributed by atoms with Gasteiger partial charge in [0.15, 0.2) is 5.69 Å². The normalized spacial score (nSPS) is 17.2. The maximum absolute atomic E-state index is 13.0. The highest BCUT2D eigenvalue weighted by atomic mass is 35.5. The van der Waals surface area contributed by atoms with Gasteiger partial charge < -0.3 is 15.0 Å². The van der Waals surface area contributed by atoms with E-state index in [0.29, 0.717) is 38.5 Å². The van der Waals surface area contributed by atoms with Gasteiger partial charge in [-0.05, 0) is 45.1 Å². The van der Waals surface area contributed by atoms with Crippen LogP contribution in [0, 0.1) is 0 Å². The molecule has 0 bridgehead atoms. The van der Waals surface area contributed by atoms with Crippen molar-refractivity contribution in [2.75, 3.05) is 25.5 Å². The Bertz CT molecular complexity index is 1330. The third-order valence-corrected chi connectivity index (χ3v) is 6.56. The van der Waals surface area contributed by atoms with Crippen molar-refractivity contribution in [3.8, 4) is 5.75 Å². The lowest BCUT2D eigenvalue weighted by molar-refractivity contribution is 0.102. The van der Waals surface area contributed by atoms with Crippen LogP contribution < -0.4 is 10.1 Å². The number of carbonyl (C=O) groups excluding carboxylic acids is 1. The number of anilines is 1. The molecule has 4 aromatic rings. The van der Waals surface area contributed by atoms with Crippen molar-refractivity contribution in [1.82, 2.24) is 29.9 Å². The number of aromatic amines is 1. The Kier molecular flexibility index (Phi) is 6.16. The molecule has 2 atom stereocenters. The van der Waals surface area contributed by atoms with Crippen molar-refractivity contribution in [2.24, 2.45) is 0 Å². The van der Waals surface area contributed by atoms with Gasteiger partial charge in [-0.2, -0.15) is 10.2 Å². The third-order valence-electron chi connectivity index (χ3n) is 5.96. The number of likely N-dealkylation sites (N-methyl/N-ethyl adjacent to an activating group) is 1. The number of hydrogen-bond donors (Lipinski definition) is 2. The standard InChI is InChI=1S/C23H23Cl2N7O2/c1-13(21-18(24)9-26-10-19(21)25)34-16-3-4-20-17(7-16)22(30-29-20)23(33)28-14-8-27-32(11-14)15-5-6-31(2)12-15/h3-4,7-11,13,15H,5-6,12H2,1-2H3,(H,28,33)(H,29,30)/t13-,15-/m1/s1. The molecule has 0 aliphatic carbocycles. The van der Waals surface area contributed by atoms with Gasteiger partial charge in [-0.25, -0.2) is 0 Å². The van der Waals surface area contributed by atoms with Crippen LogP contribution in [0.15, 0.2) is 43.0 Å². The van der Waals surface area contributed by atoms with Crippen LogP contribution in [0.25, 0.3) is 10.9 Å². The number of likely N-dealkylation sites (tertiary alicyclic amines) is 1. The van der Waals surface area contributed by atoms with Crippen molar-refractivity contribution >= 4 is 45.7 Å². The van der Waals surface area contributed by atoms with E-state index in [1.54, 1.807) is 18.3 Å². The van der Waals surface area contributed by atoms with E-state index < -0.39 is 6.10 Å². The first-order valence-corrected chi connectivity index (χ1v) is 11.6. The summed E-state index contributed by atoms with van der Waals surface area (Å²) in [7, 11) is 2.09. The van der Waals surface area contributed by atoms with Crippen LogP contribution in [-0.4, -0.2) is 55.9 Å². The smallest absolute Gasteiger partial charge is 0.276 e. The summed E-state index contributed by atoms with van der Waals surface area (Å²) in [5.41, 5.74) is 2.25. The predicted octanol–water partition coefficient (Wildman–Crippen LogP) is 4.73. The number of nitrogens with one attached hydrogen (secondary N) is 2. The summed E-state index contributed by atoms with van der Waals surface area (Å²) in [6.45, 7) is 3.82. The van der Waals surface area contributed by atoms with Crippen LogP contribution in [0.4, 0.5) is 5.69 Å². The summed E-state index contributed by atoms with van der Waals surface area (Å²) in [6.07, 6.45) is 7.17. The molecule has 5 rings (SSSR count). The first-order valence-electron chi connectivity index (χ1n) is 10.9. The van der Waals surface area contributed by atoms with Gasteiger partial charge in [-0.3, -0.25) is 19.6 Å². The second-order valence-electron chi connectivity index (χ2n) is 8.42. The Hall–Kier alpha value is -3.14. The maximum atomic E-state index is 13.0. The second-order valence-corrected chi connectivity index (χ2v) is 9.24. The molecule has 9 nitrogen and oxygen atoms in total. The lowest BCUT2D eigenvalue weighted by atomic mass is 10.1. The molecule has 1 saturated heterocycles. The fraction of sp³-hybridized carbons (Fsp3) is 0.304. The number of hydrogen-bond acceptors (Lipinski definition) is 6. The van der Waals surface area contributed by atoms with Crippen molar-refractivity contribution in [2.45, 2.75) is 25.5 Å². The fourth-order valence-corrected chi connectivity index (χ4v) is 4.90. The van der Waals surface area contributed by atoms with Crippen LogP contribution in [-0.2, 0) is 0 Å². The first kappa shape index (κ1) is 22.6. The van der Waals surface area contributed by atoms with E-state index in [9.17, 15) is 4.79 Å². The van der Waals surface area contributed by atoms with Gasteiger partial charge in [-0.15, -0.1) is 0 Å². The molecular formula is C23H23Cl2N7O2. The van der Waals surface area contributed by atoms with Crippen molar-refractivity contribution in [3.05, 3.63) is 64.3 Å². The Balaban J connectivity index is 1.34. The van der Waals surface area contributed by atoms with E-state index in [2.05, 4.69) is 37.5 Å². The molecule has 11 heteroatoms. The van der Waals surface area contributed by atoms with E-state index in [4.69, 9.17) is 27.9 Å². The third kappa shape index (κ3) is 4.46. The number of carbonyl (C=O) groups is 1. The molecule has 176 valence electrons. The number of halogens is 2. The zero-order valence-electron chi connectivity index (χ0n) is 18.6. The van der Waals surface area contributed by atoms with Crippen LogP contribution in [0.1, 0.15) is 41.5 Å². The Morgan fingerprint density at radius 3 is 2.79 bits per heavy atom. The Labute approximate surface area is 206 Å². The minimum Gasteiger partial charge on any atom is -0.486 e. The Morgan fingerprint density at radius 2 is 2.06 bits per heavy atom. The largest absolute Gasteiger partial charge is 0.486 e. The van der Waals surface area contributed by atoms with E-state index in [-0.39, 0.29) is 11.6 Å². The quantitative estimate of drug-likeness (QED) is 0.397. The first-order chi connectivity index (χ1) is 16.4. The number of nitrogens with zero attached hydrogens (tertiary/aromatic N) is 5. The van der Waals surface area contributed by atoms with E-state index in [0.717, 1.165) is 25.0 Å². The minimum absolute atomic E-state index is 0.265. The minimum atomic E-state index is -0.426. The number of ether oxygens (including phenoxy) is 1. The van der Waals surface area contributed by atoms with Gasteiger partial charge in [0.05, 0.1) is 33.5 Å². The number of pyridine rings is 1. The number of H-pyrrole nitrogens is 1.